The molecule has 1 aromatic heterocycles. The number of hydrogen-bond donors (Lipinski definition) is 1. The van der Waals surface area contributed by atoms with E-state index in [9.17, 15) is 4.79 Å². The van der Waals surface area contributed by atoms with E-state index in [1.165, 1.54) is 4.88 Å². The van der Waals surface area contributed by atoms with Crippen LogP contribution in [0.15, 0.2) is 41.8 Å². The number of anilines is 1. The zero-order valence-electron chi connectivity index (χ0n) is 10.2. The van der Waals surface area contributed by atoms with E-state index in [0.29, 0.717) is 5.75 Å². The largest absolute Gasteiger partial charge is 0.325 e. The van der Waals surface area contributed by atoms with E-state index in [2.05, 4.69) is 16.8 Å². The van der Waals surface area contributed by atoms with Crippen LogP contribution < -0.4 is 5.32 Å². The summed E-state index contributed by atoms with van der Waals surface area (Å²) in [7, 11) is 0. The summed E-state index contributed by atoms with van der Waals surface area (Å²) in [5.41, 5.74) is 2.02. The van der Waals surface area contributed by atoms with Gasteiger partial charge >= 0.3 is 0 Å². The maximum atomic E-state index is 11.7. The number of carbonyl (C=O) groups excluding carboxylic acids is 1. The summed E-state index contributed by atoms with van der Waals surface area (Å²) < 4.78 is 0. The molecule has 0 saturated carbocycles. The van der Waals surface area contributed by atoms with Gasteiger partial charge in [-0.05, 0) is 36.1 Å². The molecule has 0 aliphatic rings. The van der Waals surface area contributed by atoms with Gasteiger partial charge in [0, 0.05) is 16.3 Å². The lowest BCUT2D eigenvalue weighted by Gasteiger charge is -2.05. The Hall–Kier alpha value is -1.26. The Morgan fingerprint density at radius 1 is 1.33 bits per heavy atom. The average molecular weight is 277 g/mol. The average Bonchev–Trinajstić information content (AvgIpc) is 2.82. The standard InChI is InChI=1S/C14H15NOS2/c1-11-4-2-5-12(8-11)15-14(16)10-17-9-13-6-3-7-18-13/h2-8H,9-10H2,1H3,(H,15,16). The first-order valence-corrected chi connectivity index (χ1v) is 7.74. The maximum absolute atomic E-state index is 11.7. The molecule has 94 valence electrons. The van der Waals surface area contributed by atoms with Crippen molar-refractivity contribution in [3.05, 3.63) is 52.2 Å². The molecule has 1 N–H and O–H groups in total. The van der Waals surface area contributed by atoms with Crippen LogP contribution in [0.1, 0.15) is 10.4 Å². The molecule has 0 bridgehead atoms. The number of thiophene rings is 1. The van der Waals surface area contributed by atoms with Crippen LogP contribution >= 0.6 is 23.1 Å². The fraction of sp³-hybridized carbons (Fsp3) is 0.214. The number of aryl methyl sites for hydroxylation is 1. The van der Waals surface area contributed by atoms with Gasteiger partial charge < -0.3 is 5.32 Å². The Morgan fingerprint density at radius 2 is 2.22 bits per heavy atom. The molecule has 18 heavy (non-hydrogen) atoms. The molecule has 0 radical (unpaired) electrons. The molecule has 2 nitrogen and oxygen atoms in total. The van der Waals surface area contributed by atoms with Gasteiger partial charge in [-0.1, -0.05) is 18.2 Å². The molecule has 0 aliphatic carbocycles. The first kappa shape index (κ1) is 13.2. The number of benzene rings is 1. The summed E-state index contributed by atoms with van der Waals surface area (Å²) in [6.07, 6.45) is 0. The Bertz CT molecular complexity index is 508. The van der Waals surface area contributed by atoms with Crippen LogP contribution in [0.25, 0.3) is 0 Å². The lowest BCUT2D eigenvalue weighted by Crippen LogP contribution is -2.14. The first-order chi connectivity index (χ1) is 8.74. The molecule has 1 aromatic carbocycles. The molecule has 4 heteroatoms. The van der Waals surface area contributed by atoms with E-state index in [-0.39, 0.29) is 5.91 Å². The molecule has 2 rings (SSSR count). The third-order valence-corrected chi connectivity index (χ3v) is 4.40. The van der Waals surface area contributed by atoms with E-state index in [4.69, 9.17) is 0 Å². The normalized spacial score (nSPS) is 10.3. The molecule has 0 atom stereocenters. The van der Waals surface area contributed by atoms with Crippen LogP contribution in [-0.2, 0) is 10.5 Å². The SMILES string of the molecule is Cc1cccc(NC(=O)CSCc2cccs2)c1. The highest BCUT2D eigenvalue weighted by Gasteiger charge is 2.03. The van der Waals surface area contributed by atoms with Gasteiger partial charge in [0.2, 0.25) is 5.91 Å². The van der Waals surface area contributed by atoms with Gasteiger partial charge in [0.15, 0.2) is 0 Å². The number of amides is 1. The molecular formula is C14H15NOS2. The third kappa shape index (κ3) is 4.20. The van der Waals surface area contributed by atoms with Crippen molar-refractivity contribution < 1.29 is 4.79 Å². The van der Waals surface area contributed by atoms with Crippen molar-refractivity contribution in [2.24, 2.45) is 0 Å². The highest BCUT2D eigenvalue weighted by Crippen LogP contribution is 2.17. The molecule has 2 aromatic rings. The Balaban J connectivity index is 1.75. The summed E-state index contributed by atoms with van der Waals surface area (Å²) in [5.74, 6) is 1.45. The van der Waals surface area contributed by atoms with Gasteiger partial charge in [0.1, 0.15) is 0 Å². The number of thioether (sulfide) groups is 1. The fourth-order valence-corrected chi connectivity index (χ4v) is 3.23. The number of nitrogens with one attached hydrogen (secondary N) is 1. The van der Waals surface area contributed by atoms with Crippen LogP contribution in [-0.4, -0.2) is 11.7 Å². The third-order valence-electron chi connectivity index (χ3n) is 2.36. The van der Waals surface area contributed by atoms with E-state index in [0.717, 1.165) is 17.0 Å². The van der Waals surface area contributed by atoms with Gasteiger partial charge in [-0.25, -0.2) is 0 Å². The first-order valence-electron chi connectivity index (χ1n) is 5.71. The minimum Gasteiger partial charge on any atom is -0.325 e. The lowest BCUT2D eigenvalue weighted by atomic mass is 10.2. The van der Waals surface area contributed by atoms with Gasteiger partial charge in [-0.2, -0.15) is 0 Å². The highest BCUT2D eigenvalue weighted by atomic mass is 32.2. The van der Waals surface area contributed by atoms with Crippen molar-refractivity contribution in [3.8, 4) is 0 Å². The fourth-order valence-electron chi connectivity index (χ4n) is 1.56. The summed E-state index contributed by atoms with van der Waals surface area (Å²) in [4.78, 5) is 13.0. The molecular weight excluding hydrogens is 262 g/mol. The minimum absolute atomic E-state index is 0.0576. The number of rotatable bonds is 5. The second kappa shape index (κ2) is 6.61. The number of hydrogen-bond acceptors (Lipinski definition) is 3. The molecule has 1 heterocycles. The number of carbonyl (C=O) groups is 1. The predicted octanol–water partition coefficient (Wildman–Crippen LogP) is 3.93. The van der Waals surface area contributed by atoms with Crippen LogP contribution in [0.2, 0.25) is 0 Å². The van der Waals surface area contributed by atoms with E-state index in [1.807, 2.05) is 37.3 Å². The highest BCUT2D eigenvalue weighted by molar-refractivity contribution is 7.99. The van der Waals surface area contributed by atoms with Gasteiger partial charge in [0.25, 0.3) is 0 Å². The van der Waals surface area contributed by atoms with Crippen molar-refractivity contribution in [2.45, 2.75) is 12.7 Å². The summed E-state index contributed by atoms with van der Waals surface area (Å²) in [5, 5.41) is 4.96. The van der Waals surface area contributed by atoms with Crippen molar-refractivity contribution in [1.29, 1.82) is 0 Å². The van der Waals surface area contributed by atoms with Crippen molar-refractivity contribution in [1.82, 2.24) is 0 Å². The molecule has 0 fully saturated rings. The van der Waals surface area contributed by atoms with E-state index in [1.54, 1.807) is 23.1 Å². The van der Waals surface area contributed by atoms with Gasteiger partial charge in [0.05, 0.1) is 5.75 Å². The molecule has 0 aliphatic heterocycles. The van der Waals surface area contributed by atoms with Crippen molar-refractivity contribution >= 4 is 34.7 Å². The molecule has 0 spiro atoms. The van der Waals surface area contributed by atoms with Crippen LogP contribution in [0.3, 0.4) is 0 Å². The second-order valence-electron chi connectivity index (χ2n) is 3.99. The van der Waals surface area contributed by atoms with E-state index < -0.39 is 0 Å². The quantitative estimate of drug-likeness (QED) is 0.897. The monoisotopic (exact) mass is 277 g/mol. The zero-order chi connectivity index (χ0) is 12.8. The predicted molar refractivity (Wildman–Crippen MR) is 80.3 cm³/mol. The van der Waals surface area contributed by atoms with Crippen LogP contribution in [0.4, 0.5) is 5.69 Å². The molecule has 0 saturated heterocycles. The van der Waals surface area contributed by atoms with E-state index >= 15 is 0 Å². The summed E-state index contributed by atoms with van der Waals surface area (Å²) in [6.45, 7) is 2.02. The Labute approximate surface area is 115 Å². The summed E-state index contributed by atoms with van der Waals surface area (Å²) in [6, 6.07) is 12.0. The van der Waals surface area contributed by atoms with Crippen LogP contribution in [0, 0.1) is 6.92 Å². The van der Waals surface area contributed by atoms with Crippen molar-refractivity contribution in [2.75, 3.05) is 11.1 Å². The van der Waals surface area contributed by atoms with Gasteiger partial charge in [-0.3, -0.25) is 4.79 Å². The smallest absolute Gasteiger partial charge is 0.234 e. The Kier molecular flexibility index (Phi) is 4.84. The topological polar surface area (TPSA) is 29.1 Å². The molecule has 0 unspecified atom stereocenters. The minimum atomic E-state index is 0.0576. The zero-order valence-corrected chi connectivity index (χ0v) is 11.8. The van der Waals surface area contributed by atoms with Gasteiger partial charge in [-0.15, -0.1) is 23.1 Å². The molecule has 1 amide bonds. The Morgan fingerprint density at radius 3 is 2.94 bits per heavy atom. The van der Waals surface area contributed by atoms with Crippen LogP contribution in [0.5, 0.6) is 0 Å². The summed E-state index contributed by atoms with van der Waals surface area (Å²) >= 11 is 3.37. The second-order valence-corrected chi connectivity index (χ2v) is 6.01. The lowest BCUT2D eigenvalue weighted by molar-refractivity contribution is -0.113. The van der Waals surface area contributed by atoms with Crippen molar-refractivity contribution in [3.63, 3.8) is 0 Å². The maximum Gasteiger partial charge on any atom is 0.234 e.